The third-order valence-corrected chi connectivity index (χ3v) is 4.10. The second-order valence-electron chi connectivity index (χ2n) is 6.05. The number of aliphatic hydroxyl groups is 1. The number of anilines is 1. The molecule has 0 bridgehead atoms. The number of carbonyl (C=O) groups is 2. The molecule has 2 N–H and O–H groups in total. The molecule has 0 spiro atoms. The molecule has 1 aliphatic heterocycles. The van der Waals surface area contributed by atoms with Crippen molar-refractivity contribution in [2.45, 2.75) is 19.8 Å². The molecule has 1 aromatic rings. The highest BCUT2D eigenvalue weighted by atomic mass is 16.3. The van der Waals surface area contributed by atoms with Crippen molar-refractivity contribution in [1.29, 1.82) is 0 Å². The van der Waals surface area contributed by atoms with Crippen molar-refractivity contribution in [2.75, 3.05) is 44.6 Å². The highest BCUT2D eigenvalue weighted by Gasteiger charge is 2.26. The van der Waals surface area contributed by atoms with Crippen LogP contribution in [0.4, 0.5) is 5.69 Å². The summed E-state index contributed by atoms with van der Waals surface area (Å²) in [7, 11) is 0. The average Bonchev–Trinajstić information content (AvgIpc) is 2.55. The van der Waals surface area contributed by atoms with Gasteiger partial charge >= 0.3 is 11.8 Å². The van der Waals surface area contributed by atoms with Crippen LogP contribution in [0.3, 0.4) is 0 Å². The summed E-state index contributed by atoms with van der Waals surface area (Å²) in [5, 5.41) is 11.7. The zero-order chi connectivity index (χ0) is 16.8. The van der Waals surface area contributed by atoms with Crippen LogP contribution >= 0.6 is 0 Å². The van der Waals surface area contributed by atoms with Gasteiger partial charge in [-0.25, -0.2) is 0 Å². The van der Waals surface area contributed by atoms with E-state index >= 15 is 0 Å². The quantitative estimate of drug-likeness (QED) is 0.808. The fourth-order valence-corrected chi connectivity index (χ4v) is 2.75. The molecule has 2 amide bonds. The first-order chi connectivity index (χ1) is 11.0. The number of aliphatic hydroxyl groups excluding tert-OH is 1. The van der Waals surface area contributed by atoms with Gasteiger partial charge in [-0.05, 0) is 17.5 Å². The number of nitrogens with zero attached hydrogens (tertiary/aromatic N) is 2. The number of hydrogen-bond donors (Lipinski definition) is 2. The van der Waals surface area contributed by atoms with Crippen LogP contribution in [0.15, 0.2) is 24.3 Å². The third-order valence-electron chi connectivity index (χ3n) is 4.10. The van der Waals surface area contributed by atoms with Gasteiger partial charge < -0.3 is 15.3 Å². The van der Waals surface area contributed by atoms with Crippen molar-refractivity contribution in [3.63, 3.8) is 0 Å². The minimum Gasteiger partial charge on any atom is -0.395 e. The SMILES string of the molecule is CC(C)c1ccccc1NC(=O)C(=O)N1CCN(CCO)CC1. The molecule has 1 saturated heterocycles. The van der Waals surface area contributed by atoms with Crippen LogP contribution < -0.4 is 5.32 Å². The van der Waals surface area contributed by atoms with Crippen molar-refractivity contribution in [3.8, 4) is 0 Å². The third kappa shape index (κ3) is 4.53. The van der Waals surface area contributed by atoms with E-state index in [2.05, 4.69) is 10.2 Å². The molecule has 0 unspecified atom stereocenters. The minimum absolute atomic E-state index is 0.112. The van der Waals surface area contributed by atoms with Crippen molar-refractivity contribution in [3.05, 3.63) is 29.8 Å². The summed E-state index contributed by atoms with van der Waals surface area (Å²) in [6, 6.07) is 7.55. The van der Waals surface area contributed by atoms with E-state index < -0.39 is 11.8 Å². The Bertz CT molecular complexity index is 552. The number of amides is 2. The summed E-state index contributed by atoms with van der Waals surface area (Å²) in [5.41, 5.74) is 1.71. The predicted octanol–water partition coefficient (Wildman–Crippen LogP) is 0.885. The molecule has 0 saturated carbocycles. The highest BCUT2D eigenvalue weighted by Crippen LogP contribution is 2.23. The first kappa shape index (κ1) is 17.4. The number of para-hydroxylation sites is 1. The Morgan fingerprint density at radius 3 is 2.43 bits per heavy atom. The van der Waals surface area contributed by atoms with E-state index in [0.29, 0.717) is 38.4 Å². The van der Waals surface area contributed by atoms with E-state index in [1.165, 1.54) is 0 Å². The van der Waals surface area contributed by atoms with Crippen molar-refractivity contribution in [1.82, 2.24) is 9.80 Å². The standard InChI is InChI=1S/C17H25N3O3/c1-13(2)14-5-3-4-6-15(14)18-16(22)17(23)20-9-7-19(8-10-20)11-12-21/h3-6,13,21H,7-12H2,1-2H3,(H,18,22). The maximum absolute atomic E-state index is 12.3. The van der Waals surface area contributed by atoms with E-state index in [1.807, 2.05) is 38.1 Å². The lowest BCUT2D eigenvalue weighted by atomic mass is 10.0. The second-order valence-corrected chi connectivity index (χ2v) is 6.05. The summed E-state index contributed by atoms with van der Waals surface area (Å²) >= 11 is 0. The minimum atomic E-state index is -0.589. The van der Waals surface area contributed by atoms with Gasteiger partial charge in [0.25, 0.3) is 0 Å². The van der Waals surface area contributed by atoms with Gasteiger partial charge in [-0.3, -0.25) is 14.5 Å². The topological polar surface area (TPSA) is 72.9 Å². The van der Waals surface area contributed by atoms with Gasteiger partial charge in [-0.1, -0.05) is 32.0 Å². The van der Waals surface area contributed by atoms with E-state index in [-0.39, 0.29) is 12.5 Å². The predicted molar refractivity (Wildman–Crippen MR) is 89.3 cm³/mol. The normalized spacial score (nSPS) is 15.7. The molecule has 0 radical (unpaired) electrons. The number of hydrogen-bond acceptors (Lipinski definition) is 4. The smallest absolute Gasteiger partial charge is 0.313 e. The Morgan fingerprint density at radius 1 is 1.17 bits per heavy atom. The van der Waals surface area contributed by atoms with Crippen LogP contribution in [0.1, 0.15) is 25.3 Å². The molecule has 23 heavy (non-hydrogen) atoms. The van der Waals surface area contributed by atoms with Crippen LogP contribution in [0, 0.1) is 0 Å². The van der Waals surface area contributed by atoms with Crippen LogP contribution in [-0.2, 0) is 9.59 Å². The number of nitrogens with one attached hydrogen (secondary N) is 1. The monoisotopic (exact) mass is 319 g/mol. The molecule has 6 heteroatoms. The maximum atomic E-state index is 12.3. The van der Waals surface area contributed by atoms with Crippen molar-refractivity contribution in [2.24, 2.45) is 0 Å². The lowest BCUT2D eigenvalue weighted by Gasteiger charge is -2.33. The number of β-amino-alcohol motifs (C(OH)–C–C–N with tert-alkyl or cyclic N) is 1. The first-order valence-corrected chi connectivity index (χ1v) is 8.05. The fraction of sp³-hybridized carbons (Fsp3) is 0.529. The number of benzene rings is 1. The molecule has 6 nitrogen and oxygen atoms in total. The molecule has 0 atom stereocenters. The Morgan fingerprint density at radius 2 is 1.83 bits per heavy atom. The zero-order valence-corrected chi connectivity index (χ0v) is 13.8. The van der Waals surface area contributed by atoms with Gasteiger partial charge in [0.2, 0.25) is 0 Å². The fourth-order valence-electron chi connectivity index (χ4n) is 2.75. The Balaban J connectivity index is 1.95. The largest absolute Gasteiger partial charge is 0.395 e. The molecule has 1 heterocycles. The zero-order valence-electron chi connectivity index (χ0n) is 13.8. The Labute approximate surface area is 137 Å². The molecule has 1 fully saturated rings. The van der Waals surface area contributed by atoms with E-state index in [4.69, 9.17) is 5.11 Å². The van der Waals surface area contributed by atoms with Gasteiger partial charge in [0, 0.05) is 38.4 Å². The lowest BCUT2D eigenvalue weighted by Crippen LogP contribution is -2.52. The van der Waals surface area contributed by atoms with Crippen LogP contribution in [0.2, 0.25) is 0 Å². The summed E-state index contributed by atoms with van der Waals surface area (Å²) in [4.78, 5) is 28.2. The molecule has 0 aliphatic carbocycles. The molecular weight excluding hydrogens is 294 g/mol. The van der Waals surface area contributed by atoms with Crippen LogP contribution in [0.5, 0.6) is 0 Å². The number of carbonyl (C=O) groups excluding carboxylic acids is 2. The van der Waals surface area contributed by atoms with Gasteiger partial charge in [-0.15, -0.1) is 0 Å². The van der Waals surface area contributed by atoms with Crippen molar-refractivity contribution < 1.29 is 14.7 Å². The average molecular weight is 319 g/mol. The van der Waals surface area contributed by atoms with Crippen LogP contribution in [-0.4, -0.2) is 66.1 Å². The highest BCUT2D eigenvalue weighted by molar-refractivity contribution is 6.39. The molecule has 0 aromatic heterocycles. The second kappa shape index (κ2) is 8.08. The van der Waals surface area contributed by atoms with Gasteiger partial charge in [-0.2, -0.15) is 0 Å². The lowest BCUT2D eigenvalue weighted by molar-refractivity contribution is -0.144. The molecular formula is C17H25N3O3. The van der Waals surface area contributed by atoms with E-state index in [9.17, 15) is 9.59 Å². The van der Waals surface area contributed by atoms with Gasteiger partial charge in [0.1, 0.15) is 0 Å². The number of piperazine rings is 1. The Hall–Kier alpha value is -1.92. The van der Waals surface area contributed by atoms with Gasteiger partial charge in [0.05, 0.1) is 6.61 Å². The molecule has 126 valence electrons. The molecule has 1 aliphatic rings. The summed E-state index contributed by atoms with van der Waals surface area (Å²) in [6.07, 6.45) is 0. The van der Waals surface area contributed by atoms with E-state index in [0.717, 1.165) is 5.56 Å². The molecule has 1 aromatic carbocycles. The summed E-state index contributed by atoms with van der Waals surface area (Å²) in [5.74, 6) is -0.815. The molecule has 2 rings (SSSR count). The summed E-state index contributed by atoms with van der Waals surface area (Å²) in [6.45, 7) is 7.21. The van der Waals surface area contributed by atoms with Gasteiger partial charge in [0.15, 0.2) is 0 Å². The van der Waals surface area contributed by atoms with Crippen LogP contribution in [0.25, 0.3) is 0 Å². The van der Waals surface area contributed by atoms with E-state index in [1.54, 1.807) is 4.90 Å². The Kier molecular flexibility index (Phi) is 6.12. The maximum Gasteiger partial charge on any atom is 0.313 e. The first-order valence-electron chi connectivity index (χ1n) is 8.05. The number of rotatable bonds is 4. The van der Waals surface area contributed by atoms with Crippen molar-refractivity contribution >= 4 is 17.5 Å². The summed E-state index contributed by atoms with van der Waals surface area (Å²) < 4.78 is 0.